The Balaban J connectivity index is 2.23. The fraction of sp³-hybridized carbons (Fsp3) is 0.812. The number of aromatic nitrogens is 2. The molecular formula is C16H29ClN4. The Morgan fingerprint density at radius 1 is 1.38 bits per heavy atom. The van der Waals surface area contributed by atoms with Crippen LogP contribution in [0.2, 0.25) is 5.15 Å². The first-order valence-corrected chi connectivity index (χ1v) is 8.27. The van der Waals surface area contributed by atoms with Crippen LogP contribution in [0.5, 0.6) is 0 Å². The molecule has 0 aliphatic carbocycles. The molecule has 0 aromatic carbocycles. The maximum Gasteiger partial charge on any atom is 0.131 e. The third-order valence-corrected chi connectivity index (χ3v) is 5.09. The van der Waals surface area contributed by atoms with Gasteiger partial charge in [-0.25, -0.2) is 0 Å². The second-order valence-electron chi connectivity index (χ2n) is 7.30. The Kier molecular flexibility index (Phi) is 5.01. The third-order valence-electron chi connectivity index (χ3n) is 4.62. The summed E-state index contributed by atoms with van der Waals surface area (Å²) in [5.74, 6) is 0. The number of halogens is 1. The number of hydrogen-bond donors (Lipinski definition) is 1. The zero-order chi connectivity index (χ0) is 15.8. The molecule has 0 saturated carbocycles. The van der Waals surface area contributed by atoms with Gasteiger partial charge in [-0.15, -0.1) is 0 Å². The SMILES string of the molecule is CCC1CN(Cc2c(C)nn(C)c2Cl)C(C(C)(C)C)CN1. The zero-order valence-electron chi connectivity index (χ0n) is 14.2. The summed E-state index contributed by atoms with van der Waals surface area (Å²) in [6, 6.07) is 1.08. The smallest absolute Gasteiger partial charge is 0.131 e. The molecule has 1 aromatic heterocycles. The van der Waals surface area contributed by atoms with Gasteiger partial charge in [0.2, 0.25) is 0 Å². The molecule has 0 radical (unpaired) electrons. The van der Waals surface area contributed by atoms with Crippen LogP contribution in [0.25, 0.3) is 0 Å². The van der Waals surface area contributed by atoms with E-state index in [1.165, 1.54) is 5.56 Å². The lowest BCUT2D eigenvalue weighted by Gasteiger charge is -2.46. The largest absolute Gasteiger partial charge is 0.311 e. The molecule has 2 heterocycles. The van der Waals surface area contributed by atoms with E-state index in [1.807, 2.05) is 14.0 Å². The normalized spacial score (nSPS) is 24.5. The average Bonchev–Trinajstić information content (AvgIpc) is 2.64. The maximum atomic E-state index is 6.42. The van der Waals surface area contributed by atoms with Crippen LogP contribution in [0, 0.1) is 12.3 Å². The molecule has 4 nitrogen and oxygen atoms in total. The molecule has 2 atom stereocenters. The van der Waals surface area contributed by atoms with E-state index in [0.717, 1.165) is 36.9 Å². The first-order chi connectivity index (χ1) is 9.74. The van der Waals surface area contributed by atoms with Crippen LogP contribution in [-0.2, 0) is 13.6 Å². The minimum Gasteiger partial charge on any atom is -0.311 e. The highest BCUT2D eigenvalue weighted by molar-refractivity contribution is 6.30. The number of nitrogens with one attached hydrogen (secondary N) is 1. The Labute approximate surface area is 133 Å². The molecule has 0 amide bonds. The Hall–Kier alpha value is -0.580. The summed E-state index contributed by atoms with van der Waals surface area (Å²) < 4.78 is 1.78. The summed E-state index contributed by atoms with van der Waals surface area (Å²) >= 11 is 6.42. The number of nitrogens with zero attached hydrogens (tertiary/aromatic N) is 3. The van der Waals surface area contributed by atoms with Crippen molar-refractivity contribution in [2.24, 2.45) is 12.5 Å². The first-order valence-electron chi connectivity index (χ1n) is 7.89. The molecule has 1 saturated heterocycles. The Morgan fingerprint density at radius 2 is 2.05 bits per heavy atom. The van der Waals surface area contributed by atoms with Gasteiger partial charge in [0, 0.05) is 44.3 Å². The first kappa shape index (κ1) is 16.8. The summed E-state index contributed by atoms with van der Waals surface area (Å²) in [6.45, 7) is 14.2. The van der Waals surface area contributed by atoms with Crippen LogP contribution >= 0.6 is 11.6 Å². The van der Waals surface area contributed by atoms with E-state index in [0.29, 0.717) is 12.1 Å². The number of aryl methyl sites for hydroxylation is 2. The van der Waals surface area contributed by atoms with E-state index >= 15 is 0 Å². The van der Waals surface area contributed by atoms with E-state index < -0.39 is 0 Å². The lowest BCUT2D eigenvalue weighted by atomic mass is 9.83. The van der Waals surface area contributed by atoms with Gasteiger partial charge in [0.05, 0.1) is 5.69 Å². The van der Waals surface area contributed by atoms with Gasteiger partial charge in [0.1, 0.15) is 5.15 Å². The van der Waals surface area contributed by atoms with E-state index in [4.69, 9.17) is 11.6 Å². The zero-order valence-corrected chi connectivity index (χ0v) is 15.0. The van der Waals surface area contributed by atoms with Crippen molar-refractivity contribution in [3.05, 3.63) is 16.4 Å². The standard InChI is InChI=1S/C16H29ClN4/c1-7-12-9-21(14(8-18-12)16(3,4)5)10-13-11(2)19-20(6)15(13)17/h12,14,18H,7-10H2,1-6H3. The van der Waals surface area contributed by atoms with Crippen molar-refractivity contribution >= 4 is 11.6 Å². The molecule has 21 heavy (non-hydrogen) atoms. The third kappa shape index (κ3) is 3.61. The van der Waals surface area contributed by atoms with Crippen molar-refractivity contribution in [1.82, 2.24) is 20.0 Å². The lowest BCUT2D eigenvalue weighted by molar-refractivity contribution is 0.0484. The van der Waals surface area contributed by atoms with Crippen LogP contribution in [-0.4, -0.2) is 39.9 Å². The highest BCUT2D eigenvalue weighted by Crippen LogP contribution is 2.30. The van der Waals surface area contributed by atoms with Crippen molar-refractivity contribution in [1.29, 1.82) is 0 Å². The summed E-state index contributed by atoms with van der Waals surface area (Å²) in [6.07, 6.45) is 1.16. The molecule has 0 spiro atoms. The Morgan fingerprint density at radius 3 is 2.52 bits per heavy atom. The highest BCUT2D eigenvalue weighted by atomic mass is 35.5. The van der Waals surface area contributed by atoms with Crippen LogP contribution in [0.3, 0.4) is 0 Å². The number of hydrogen-bond acceptors (Lipinski definition) is 3. The summed E-state index contributed by atoms with van der Waals surface area (Å²) in [5.41, 5.74) is 2.46. The van der Waals surface area contributed by atoms with Crippen LogP contribution in [0.4, 0.5) is 0 Å². The Bertz CT molecular complexity index is 489. The predicted octanol–water partition coefficient (Wildman–Crippen LogP) is 2.98. The number of piperazine rings is 1. The average molecular weight is 313 g/mol. The minimum absolute atomic E-state index is 0.244. The maximum absolute atomic E-state index is 6.42. The molecule has 5 heteroatoms. The predicted molar refractivity (Wildman–Crippen MR) is 88.7 cm³/mol. The fourth-order valence-corrected chi connectivity index (χ4v) is 3.48. The molecule has 1 aromatic rings. The van der Waals surface area contributed by atoms with Gasteiger partial charge >= 0.3 is 0 Å². The van der Waals surface area contributed by atoms with Crippen molar-refractivity contribution in [3.8, 4) is 0 Å². The van der Waals surface area contributed by atoms with Crippen LogP contribution < -0.4 is 5.32 Å². The molecule has 1 aliphatic heterocycles. The van der Waals surface area contributed by atoms with Crippen molar-refractivity contribution in [2.45, 2.75) is 59.7 Å². The molecule has 1 aliphatic rings. The highest BCUT2D eigenvalue weighted by Gasteiger charge is 2.35. The molecule has 0 bridgehead atoms. The van der Waals surface area contributed by atoms with Gasteiger partial charge in [-0.3, -0.25) is 9.58 Å². The second-order valence-corrected chi connectivity index (χ2v) is 7.66. The van der Waals surface area contributed by atoms with E-state index in [9.17, 15) is 0 Å². The monoisotopic (exact) mass is 312 g/mol. The van der Waals surface area contributed by atoms with Crippen molar-refractivity contribution in [2.75, 3.05) is 13.1 Å². The van der Waals surface area contributed by atoms with E-state index in [1.54, 1.807) is 4.68 Å². The summed E-state index contributed by atoms with van der Waals surface area (Å²) in [5, 5.41) is 8.90. The van der Waals surface area contributed by atoms with Crippen molar-refractivity contribution < 1.29 is 0 Å². The summed E-state index contributed by atoms with van der Waals surface area (Å²) in [7, 11) is 1.91. The van der Waals surface area contributed by atoms with Crippen LogP contribution in [0.1, 0.15) is 45.4 Å². The molecule has 1 N–H and O–H groups in total. The molecule has 1 fully saturated rings. The molecule has 2 rings (SSSR count). The molecule has 2 unspecified atom stereocenters. The van der Waals surface area contributed by atoms with Gasteiger partial charge in [0.25, 0.3) is 0 Å². The van der Waals surface area contributed by atoms with Gasteiger partial charge < -0.3 is 5.32 Å². The second kappa shape index (κ2) is 6.27. The van der Waals surface area contributed by atoms with Gasteiger partial charge in [-0.05, 0) is 18.8 Å². The van der Waals surface area contributed by atoms with Crippen LogP contribution in [0.15, 0.2) is 0 Å². The van der Waals surface area contributed by atoms with E-state index in [-0.39, 0.29) is 5.41 Å². The summed E-state index contributed by atoms with van der Waals surface area (Å²) in [4.78, 5) is 2.58. The minimum atomic E-state index is 0.244. The molecular weight excluding hydrogens is 284 g/mol. The quantitative estimate of drug-likeness (QED) is 0.931. The van der Waals surface area contributed by atoms with Gasteiger partial charge in [0.15, 0.2) is 0 Å². The van der Waals surface area contributed by atoms with E-state index in [2.05, 4.69) is 43.0 Å². The fourth-order valence-electron chi connectivity index (χ4n) is 3.24. The topological polar surface area (TPSA) is 33.1 Å². The van der Waals surface area contributed by atoms with Crippen molar-refractivity contribution in [3.63, 3.8) is 0 Å². The molecule has 120 valence electrons. The number of rotatable bonds is 3. The lowest BCUT2D eigenvalue weighted by Crippen LogP contribution is -2.60. The van der Waals surface area contributed by atoms with Gasteiger partial charge in [-0.1, -0.05) is 39.3 Å². The van der Waals surface area contributed by atoms with Gasteiger partial charge in [-0.2, -0.15) is 5.10 Å².